The predicted octanol–water partition coefficient (Wildman–Crippen LogP) is 3.83. The van der Waals surface area contributed by atoms with Crippen LogP contribution in [0.4, 0.5) is 10.1 Å². The second-order valence-electron chi connectivity index (χ2n) is 5.87. The average molecular weight is 387 g/mol. The Labute approximate surface area is 157 Å². The molecule has 5 nitrogen and oxygen atoms in total. The molecule has 0 aliphatic heterocycles. The van der Waals surface area contributed by atoms with Crippen LogP contribution in [-0.2, 0) is 14.8 Å². The first-order valence-electron chi connectivity index (χ1n) is 8.29. The molecule has 0 bridgehead atoms. The van der Waals surface area contributed by atoms with E-state index in [9.17, 15) is 17.6 Å². The monoisotopic (exact) mass is 387 g/mol. The van der Waals surface area contributed by atoms with Crippen molar-refractivity contribution < 1.29 is 22.3 Å². The van der Waals surface area contributed by atoms with Crippen molar-refractivity contribution in [2.24, 2.45) is 0 Å². The lowest BCUT2D eigenvalue weighted by Crippen LogP contribution is -2.38. The van der Waals surface area contributed by atoms with Gasteiger partial charge in [0.25, 0.3) is 15.9 Å². The summed E-state index contributed by atoms with van der Waals surface area (Å²) < 4.78 is 45.8. The fraction of sp³-hybridized carbons (Fsp3) is 0.150. The van der Waals surface area contributed by atoms with Gasteiger partial charge in [-0.1, -0.05) is 24.3 Å². The van der Waals surface area contributed by atoms with Gasteiger partial charge in [0, 0.05) is 5.57 Å². The maximum atomic E-state index is 13.6. The molecule has 3 rings (SSSR count). The van der Waals surface area contributed by atoms with Crippen molar-refractivity contribution in [2.75, 3.05) is 11.4 Å². The number of allylic oxidation sites excluding steroid dienone is 2. The summed E-state index contributed by atoms with van der Waals surface area (Å²) in [6.45, 7) is 0. The fourth-order valence-corrected chi connectivity index (χ4v) is 4.15. The van der Waals surface area contributed by atoms with Gasteiger partial charge in [-0.3, -0.25) is 4.79 Å². The van der Waals surface area contributed by atoms with Crippen molar-refractivity contribution in [1.29, 1.82) is 0 Å². The van der Waals surface area contributed by atoms with E-state index in [1.54, 1.807) is 24.3 Å². The van der Waals surface area contributed by atoms with Crippen LogP contribution in [-0.4, -0.2) is 21.4 Å². The first-order valence-corrected chi connectivity index (χ1v) is 9.73. The molecule has 0 saturated heterocycles. The molecule has 0 saturated carbocycles. The number of hydrogen-bond acceptors (Lipinski definition) is 4. The largest absolute Gasteiger partial charge is 0.497 e. The van der Waals surface area contributed by atoms with Crippen LogP contribution in [0, 0.1) is 5.82 Å². The molecule has 7 heteroatoms. The van der Waals surface area contributed by atoms with Crippen molar-refractivity contribution in [1.82, 2.24) is 0 Å². The van der Waals surface area contributed by atoms with Crippen LogP contribution in [0.5, 0.6) is 5.75 Å². The number of nitrogens with zero attached hydrogens (tertiary/aromatic N) is 1. The Kier molecular flexibility index (Phi) is 5.41. The fourth-order valence-electron chi connectivity index (χ4n) is 2.70. The molecule has 0 atom stereocenters. The molecule has 0 N–H and O–H groups in total. The normalized spacial score (nSPS) is 13.8. The Morgan fingerprint density at radius 1 is 1.11 bits per heavy atom. The van der Waals surface area contributed by atoms with Gasteiger partial charge in [0.05, 0.1) is 17.7 Å². The van der Waals surface area contributed by atoms with E-state index in [4.69, 9.17) is 4.74 Å². The highest BCUT2D eigenvalue weighted by atomic mass is 32.2. The van der Waals surface area contributed by atoms with Gasteiger partial charge in [-0.05, 0) is 55.3 Å². The predicted molar refractivity (Wildman–Crippen MR) is 101 cm³/mol. The molecule has 0 unspecified atom stereocenters. The minimum absolute atomic E-state index is 0.143. The van der Waals surface area contributed by atoms with E-state index in [1.165, 1.54) is 31.4 Å². The minimum Gasteiger partial charge on any atom is -0.497 e. The van der Waals surface area contributed by atoms with E-state index in [2.05, 4.69) is 0 Å². The van der Waals surface area contributed by atoms with E-state index < -0.39 is 21.7 Å². The summed E-state index contributed by atoms with van der Waals surface area (Å²) in [5.41, 5.74) is 0.419. The van der Waals surface area contributed by atoms with Gasteiger partial charge in [-0.2, -0.15) is 4.31 Å². The molecule has 0 fully saturated rings. The van der Waals surface area contributed by atoms with E-state index >= 15 is 0 Å². The quantitative estimate of drug-likeness (QED) is 0.782. The third kappa shape index (κ3) is 3.93. The minimum atomic E-state index is -4.32. The summed E-state index contributed by atoms with van der Waals surface area (Å²) in [5.74, 6) is -0.874. The lowest BCUT2D eigenvalue weighted by molar-refractivity contribution is -0.113. The van der Waals surface area contributed by atoms with Crippen LogP contribution in [0.3, 0.4) is 0 Å². The van der Waals surface area contributed by atoms with Crippen molar-refractivity contribution in [3.05, 3.63) is 78.1 Å². The second kappa shape index (κ2) is 7.75. The Hall–Kier alpha value is -2.93. The molecule has 1 aliphatic carbocycles. The number of carbonyl (C=O) groups is 1. The first-order chi connectivity index (χ1) is 12.9. The maximum absolute atomic E-state index is 13.6. The zero-order valence-corrected chi connectivity index (χ0v) is 15.4. The number of carbonyl (C=O) groups excluding carboxylic acids is 1. The van der Waals surface area contributed by atoms with Gasteiger partial charge in [0.2, 0.25) is 0 Å². The molecule has 1 aliphatic rings. The number of ether oxygens (including phenoxy) is 1. The lowest BCUT2D eigenvalue weighted by Gasteiger charge is -2.24. The van der Waals surface area contributed by atoms with Crippen LogP contribution in [0.15, 0.2) is 77.2 Å². The molecular weight excluding hydrogens is 369 g/mol. The molecule has 0 aromatic heterocycles. The van der Waals surface area contributed by atoms with Crippen molar-refractivity contribution >= 4 is 21.6 Å². The van der Waals surface area contributed by atoms with Gasteiger partial charge >= 0.3 is 0 Å². The number of anilines is 1. The molecular formula is C20H18FNO4S. The van der Waals surface area contributed by atoms with E-state index in [0.717, 1.165) is 18.6 Å². The SMILES string of the molecule is COc1ccc(N(C(=O)C2=CCCC=C2)S(=O)(=O)c2cccc(F)c2)cc1. The van der Waals surface area contributed by atoms with Crippen molar-refractivity contribution in [3.63, 3.8) is 0 Å². The Balaban J connectivity index is 2.12. The number of hydrogen-bond donors (Lipinski definition) is 0. The van der Waals surface area contributed by atoms with Crippen LogP contribution >= 0.6 is 0 Å². The summed E-state index contributed by atoms with van der Waals surface area (Å²) in [5, 5.41) is 0. The standard InChI is InChI=1S/C20H18FNO4S/c1-26-18-12-10-17(11-13-18)22(20(23)15-6-3-2-4-7-15)27(24,25)19-9-5-8-16(21)14-19/h3,5-14H,2,4H2,1H3. The highest BCUT2D eigenvalue weighted by Gasteiger charge is 2.32. The number of amides is 1. The Morgan fingerprint density at radius 2 is 1.85 bits per heavy atom. The summed E-state index contributed by atoms with van der Waals surface area (Å²) in [6.07, 6.45) is 6.54. The number of benzene rings is 2. The summed E-state index contributed by atoms with van der Waals surface area (Å²) >= 11 is 0. The van der Waals surface area contributed by atoms with Crippen molar-refractivity contribution in [3.8, 4) is 5.75 Å². The molecule has 1 amide bonds. The summed E-state index contributed by atoms with van der Waals surface area (Å²) in [6, 6.07) is 10.6. The number of sulfonamides is 1. The molecule has 0 heterocycles. The maximum Gasteiger partial charge on any atom is 0.271 e. The molecule has 140 valence electrons. The number of rotatable bonds is 5. The first kappa shape index (κ1) is 18.8. The lowest BCUT2D eigenvalue weighted by atomic mass is 10.1. The molecule has 0 radical (unpaired) electrons. The second-order valence-corrected chi connectivity index (χ2v) is 7.66. The van der Waals surface area contributed by atoms with E-state index in [0.29, 0.717) is 16.5 Å². The highest BCUT2D eigenvalue weighted by Crippen LogP contribution is 2.28. The third-order valence-electron chi connectivity index (χ3n) is 4.07. The number of methoxy groups -OCH3 is 1. The molecule has 0 spiro atoms. The van der Waals surface area contributed by atoms with Crippen LogP contribution < -0.4 is 9.04 Å². The van der Waals surface area contributed by atoms with Gasteiger partial charge < -0.3 is 4.74 Å². The van der Waals surface area contributed by atoms with E-state index in [-0.39, 0.29) is 16.2 Å². The van der Waals surface area contributed by atoms with Gasteiger partial charge in [-0.25, -0.2) is 12.8 Å². The molecule has 2 aromatic rings. The zero-order chi connectivity index (χ0) is 19.4. The zero-order valence-electron chi connectivity index (χ0n) is 14.6. The third-order valence-corrected chi connectivity index (χ3v) is 5.77. The molecule has 27 heavy (non-hydrogen) atoms. The van der Waals surface area contributed by atoms with Crippen molar-refractivity contribution in [2.45, 2.75) is 17.7 Å². The van der Waals surface area contributed by atoms with Crippen LogP contribution in [0.1, 0.15) is 12.8 Å². The Bertz CT molecular complexity index is 1010. The Morgan fingerprint density at radius 3 is 2.44 bits per heavy atom. The highest BCUT2D eigenvalue weighted by molar-refractivity contribution is 7.93. The van der Waals surface area contributed by atoms with Gasteiger partial charge in [-0.15, -0.1) is 0 Å². The van der Waals surface area contributed by atoms with Crippen LogP contribution in [0.2, 0.25) is 0 Å². The average Bonchev–Trinajstić information content (AvgIpc) is 2.69. The smallest absolute Gasteiger partial charge is 0.271 e. The van der Waals surface area contributed by atoms with Crippen LogP contribution in [0.25, 0.3) is 0 Å². The summed E-state index contributed by atoms with van der Waals surface area (Å²) in [4.78, 5) is 12.8. The van der Waals surface area contributed by atoms with E-state index in [1.807, 2.05) is 6.08 Å². The molecule has 2 aromatic carbocycles. The summed E-state index contributed by atoms with van der Waals surface area (Å²) in [7, 11) is -2.83. The van der Waals surface area contributed by atoms with Gasteiger partial charge in [0.1, 0.15) is 11.6 Å². The van der Waals surface area contributed by atoms with Gasteiger partial charge in [0.15, 0.2) is 0 Å². The number of halogens is 1. The topological polar surface area (TPSA) is 63.7 Å².